The Morgan fingerprint density at radius 2 is 1.89 bits per heavy atom. The number of aliphatic carboxylic acids is 1. The summed E-state index contributed by atoms with van der Waals surface area (Å²) in [6, 6.07) is 7.78. The van der Waals surface area contributed by atoms with E-state index in [0.717, 1.165) is 16.5 Å². The fourth-order valence-corrected chi connectivity index (χ4v) is 2.05. The van der Waals surface area contributed by atoms with Gasteiger partial charge in [0.2, 0.25) is 5.91 Å². The van der Waals surface area contributed by atoms with Crippen LogP contribution >= 0.6 is 15.9 Å². The van der Waals surface area contributed by atoms with Crippen molar-refractivity contribution >= 4 is 27.8 Å². The summed E-state index contributed by atoms with van der Waals surface area (Å²) < 4.78 is 1.00. The van der Waals surface area contributed by atoms with Crippen LogP contribution in [-0.2, 0) is 16.0 Å². The summed E-state index contributed by atoms with van der Waals surface area (Å²) in [6.45, 7) is 2.20. The number of carbonyl (C=O) groups is 2. The number of nitrogens with zero attached hydrogens (tertiary/aromatic N) is 1. The Morgan fingerprint density at radius 3 is 2.42 bits per heavy atom. The Hall–Kier alpha value is -1.36. The van der Waals surface area contributed by atoms with Crippen molar-refractivity contribution in [2.75, 3.05) is 13.1 Å². The summed E-state index contributed by atoms with van der Waals surface area (Å²) >= 11 is 3.36. The second kappa shape index (κ2) is 7.94. The van der Waals surface area contributed by atoms with Gasteiger partial charge in [-0.05, 0) is 30.5 Å². The van der Waals surface area contributed by atoms with Crippen molar-refractivity contribution in [2.24, 2.45) is 0 Å². The van der Waals surface area contributed by atoms with Crippen molar-refractivity contribution in [3.63, 3.8) is 0 Å². The van der Waals surface area contributed by atoms with Crippen LogP contribution in [0.2, 0.25) is 0 Å². The zero-order chi connectivity index (χ0) is 14.3. The van der Waals surface area contributed by atoms with Crippen molar-refractivity contribution in [3.8, 4) is 0 Å². The minimum absolute atomic E-state index is 0.104. The molecular formula is C14H18BrNO3. The minimum Gasteiger partial charge on any atom is -0.480 e. The molecule has 0 aromatic heterocycles. The molecule has 0 saturated carbocycles. The lowest BCUT2D eigenvalue weighted by Gasteiger charge is -2.19. The van der Waals surface area contributed by atoms with Crippen LogP contribution in [0.15, 0.2) is 28.7 Å². The summed E-state index contributed by atoms with van der Waals surface area (Å²) in [4.78, 5) is 24.1. The first-order valence-electron chi connectivity index (χ1n) is 6.27. The fourth-order valence-electron chi connectivity index (χ4n) is 1.79. The van der Waals surface area contributed by atoms with E-state index >= 15 is 0 Å². The van der Waals surface area contributed by atoms with Crippen molar-refractivity contribution in [2.45, 2.75) is 26.2 Å². The van der Waals surface area contributed by atoms with Gasteiger partial charge in [-0.2, -0.15) is 0 Å². The third-order valence-corrected chi connectivity index (χ3v) is 3.24. The number of rotatable bonds is 7. The fraction of sp³-hybridized carbons (Fsp3) is 0.429. The monoisotopic (exact) mass is 327 g/mol. The van der Waals surface area contributed by atoms with E-state index in [1.807, 2.05) is 31.2 Å². The normalized spacial score (nSPS) is 10.2. The number of aryl methyl sites for hydroxylation is 1. The van der Waals surface area contributed by atoms with Gasteiger partial charge in [-0.3, -0.25) is 9.59 Å². The number of carboxylic acid groups (broad SMARTS) is 1. The van der Waals surface area contributed by atoms with Gasteiger partial charge in [0, 0.05) is 17.4 Å². The molecule has 0 aliphatic rings. The maximum Gasteiger partial charge on any atom is 0.323 e. The van der Waals surface area contributed by atoms with Gasteiger partial charge < -0.3 is 10.0 Å². The lowest BCUT2D eigenvalue weighted by molar-refractivity contribution is -0.144. The minimum atomic E-state index is -0.967. The third-order valence-electron chi connectivity index (χ3n) is 2.71. The number of carbonyl (C=O) groups excluding carboxylic acids is 1. The quantitative estimate of drug-likeness (QED) is 0.837. The third kappa shape index (κ3) is 5.87. The summed E-state index contributed by atoms with van der Waals surface area (Å²) in [5.41, 5.74) is 1.07. The molecule has 0 aliphatic carbocycles. The first-order chi connectivity index (χ1) is 9.02. The molecule has 0 spiro atoms. The molecule has 0 unspecified atom stereocenters. The van der Waals surface area contributed by atoms with Crippen molar-refractivity contribution < 1.29 is 14.7 Å². The van der Waals surface area contributed by atoms with Crippen molar-refractivity contribution in [3.05, 3.63) is 34.3 Å². The maximum absolute atomic E-state index is 12.0. The van der Waals surface area contributed by atoms with Crippen LogP contribution in [0.5, 0.6) is 0 Å². The molecule has 1 amide bonds. The molecule has 0 fully saturated rings. The molecule has 1 aromatic rings. The van der Waals surface area contributed by atoms with E-state index in [9.17, 15) is 9.59 Å². The summed E-state index contributed by atoms with van der Waals surface area (Å²) in [5, 5.41) is 8.78. The molecule has 0 atom stereocenters. The SMILES string of the molecule is CCCN(CC(=O)O)C(=O)CCc1ccc(Br)cc1. The van der Waals surface area contributed by atoms with E-state index < -0.39 is 5.97 Å². The molecule has 104 valence electrons. The van der Waals surface area contributed by atoms with E-state index in [0.29, 0.717) is 19.4 Å². The molecule has 19 heavy (non-hydrogen) atoms. The molecule has 0 bridgehead atoms. The van der Waals surface area contributed by atoms with Gasteiger partial charge in [-0.15, -0.1) is 0 Å². The number of benzene rings is 1. The number of carboxylic acids is 1. The van der Waals surface area contributed by atoms with Crippen LogP contribution in [0, 0.1) is 0 Å². The lowest BCUT2D eigenvalue weighted by atomic mass is 10.1. The Bertz CT molecular complexity index is 431. The molecular weight excluding hydrogens is 310 g/mol. The van der Waals surface area contributed by atoms with Gasteiger partial charge in [0.25, 0.3) is 0 Å². The molecule has 0 aliphatic heterocycles. The van der Waals surface area contributed by atoms with E-state index in [1.165, 1.54) is 4.90 Å². The predicted molar refractivity (Wildman–Crippen MR) is 77.0 cm³/mol. The molecule has 0 heterocycles. The van der Waals surface area contributed by atoms with E-state index in [4.69, 9.17) is 5.11 Å². The van der Waals surface area contributed by atoms with Crippen LogP contribution in [-0.4, -0.2) is 35.0 Å². The maximum atomic E-state index is 12.0. The van der Waals surface area contributed by atoms with Gasteiger partial charge in [-0.25, -0.2) is 0 Å². The van der Waals surface area contributed by atoms with Crippen molar-refractivity contribution in [1.29, 1.82) is 0 Å². The highest BCUT2D eigenvalue weighted by Crippen LogP contribution is 2.12. The Labute approximate surface area is 121 Å². The Morgan fingerprint density at radius 1 is 1.26 bits per heavy atom. The predicted octanol–water partition coefficient (Wildman–Crippen LogP) is 2.70. The van der Waals surface area contributed by atoms with Crippen LogP contribution < -0.4 is 0 Å². The summed E-state index contributed by atoms with van der Waals surface area (Å²) in [7, 11) is 0. The van der Waals surface area contributed by atoms with Gasteiger partial charge >= 0.3 is 5.97 Å². The molecule has 4 nitrogen and oxygen atoms in total. The molecule has 1 N–H and O–H groups in total. The van der Waals surface area contributed by atoms with Gasteiger partial charge in [0.15, 0.2) is 0 Å². The molecule has 1 aromatic carbocycles. The zero-order valence-electron chi connectivity index (χ0n) is 10.9. The first-order valence-corrected chi connectivity index (χ1v) is 7.06. The number of amides is 1. The van der Waals surface area contributed by atoms with Crippen LogP contribution in [0.25, 0.3) is 0 Å². The van der Waals surface area contributed by atoms with Crippen LogP contribution in [0.4, 0.5) is 0 Å². The second-order valence-corrected chi connectivity index (χ2v) is 5.25. The van der Waals surface area contributed by atoms with Crippen LogP contribution in [0.1, 0.15) is 25.3 Å². The first kappa shape index (κ1) is 15.7. The largest absolute Gasteiger partial charge is 0.480 e. The lowest BCUT2D eigenvalue weighted by Crippen LogP contribution is -2.36. The average molecular weight is 328 g/mol. The smallest absolute Gasteiger partial charge is 0.323 e. The molecule has 1 rings (SSSR count). The van der Waals surface area contributed by atoms with E-state index in [2.05, 4.69) is 15.9 Å². The van der Waals surface area contributed by atoms with Gasteiger partial charge in [0.1, 0.15) is 6.54 Å². The number of hydrogen-bond acceptors (Lipinski definition) is 2. The van der Waals surface area contributed by atoms with Gasteiger partial charge in [-0.1, -0.05) is 35.0 Å². The summed E-state index contributed by atoms with van der Waals surface area (Å²) in [5.74, 6) is -1.07. The molecule has 5 heteroatoms. The van der Waals surface area contributed by atoms with Crippen LogP contribution in [0.3, 0.4) is 0 Å². The number of halogens is 1. The average Bonchev–Trinajstić information content (AvgIpc) is 2.37. The standard InChI is InChI=1S/C14H18BrNO3/c1-2-9-16(10-14(18)19)13(17)8-5-11-3-6-12(15)7-4-11/h3-4,6-7H,2,5,8-10H2,1H3,(H,18,19). The number of hydrogen-bond donors (Lipinski definition) is 1. The topological polar surface area (TPSA) is 57.6 Å². The van der Waals surface area contributed by atoms with E-state index in [-0.39, 0.29) is 12.5 Å². The highest BCUT2D eigenvalue weighted by atomic mass is 79.9. The zero-order valence-corrected chi connectivity index (χ0v) is 12.5. The Balaban J connectivity index is 2.51. The summed E-state index contributed by atoms with van der Waals surface area (Å²) in [6.07, 6.45) is 1.73. The Kier molecular flexibility index (Phi) is 6.56. The highest BCUT2D eigenvalue weighted by molar-refractivity contribution is 9.10. The highest BCUT2D eigenvalue weighted by Gasteiger charge is 2.15. The molecule has 0 radical (unpaired) electrons. The van der Waals surface area contributed by atoms with E-state index in [1.54, 1.807) is 0 Å². The molecule has 0 saturated heterocycles. The van der Waals surface area contributed by atoms with Crippen molar-refractivity contribution in [1.82, 2.24) is 4.90 Å². The van der Waals surface area contributed by atoms with Gasteiger partial charge in [0.05, 0.1) is 0 Å². The second-order valence-electron chi connectivity index (χ2n) is 4.34.